The van der Waals surface area contributed by atoms with Crippen molar-refractivity contribution in [2.45, 2.75) is 38.7 Å². The Hall–Kier alpha value is -1.42. The Bertz CT molecular complexity index is 418. The smallest absolute Gasteiger partial charge is 0.251 e. The second-order valence-electron chi connectivity index (χ2n) is 5.63. The van der Waals surface area contributed by atoms with Gasteiger partial charge in [0.15, 0.2) is 0 Å². The van der Waals surface area contributed by atoms with Crippen LogP contribution in [0.25, 0.3) is 0 Å². The molecule has 0 heterocycles. The molecule has 0 aromatic heterocycles. The average Bonchev–Trinajstić information content (AvgIpc) is 2.25. The van der Waals surface area contributed by atoms with Crippen molar-refractivity contribution in [1.29, 1.82) is 0 Å². The van der Waals surface area contributed by atoms with Crippen molar-refractivity contribution in [3.8, 4) is 0 Å². The monoisotopic (exact) mass is 253 g/mol. The average molecular weight is 253 g/mol. The highest BCUT2D eigenvalue weighted by atomic mass is 19.1. The summed E-state index contributed by atoms with van der Waals surface area (Å²) in [6.45, 7) is 7.15. The fraction of sp³-hybridized carbons (Fsp3) is 0.500. The lowest BCUT2D eigenvalue weighted by Crippen LogP contribution is -2.46. The number of halogens is 1. The summed E-state index contributed by atoms with van der Waals surface area (Å²) in [7, 11) is 0. The lowest BCUT2D eigenvalue weighted by Gasteiger charge is -2.27. The topological polar surface area (TPSA) is 49.3 Å². The third-order valence-electron chi connectivity index (χ3n) is 2.87. The van der Waals surface area contributed by atoms with E-state index in [2.05, 4.69) is 5.32 Å². The Labute approximate surface area is 107 Å². The summed E-state index contributed by atoms with van der Waals surface area (Å²) in [6, 6.07) is 6.20. The minimum absolute atomic E-state index is 0.282. The number of nitrogens with one attached hydrogen (secondary N) is 1. The van der Waals surface area contributed by atoms with Gasteiger partial charge in [0.05, 0.1) is 0 Å². The molecule has 1 rings (SSSR count). The molecule has 3 nitrogen and oxygen atoms in total. The molecule has 0 unspecified atom stereocenters. The third kappa shape index (κ3) is 3.81. The first-order chi connectivity index (χ1) is 8.13. The fourth-order valence-electron chi connectivity index (χ4n) is 1.52. The maximum absolute atomic E-state index is 12.8. The lowest BCUT2D eigenvalue weighted by atomic mass is 9.84. The molecule has 0 aliphatic rings. The summed E-state index contributed by atoms with van der Waals surface area (Å²) in [5, 5.41) is 12.2. The molecular formula is C14H20FNO2. The van der Waals surface area contributed by atoms with Crippen molar-refractivity contribution in [3.05, 3.63) is 35.6 Å². The highest BCUT2D eigenvalue weighted by molar-refractivity contribution is 5.83. The van der Waals surface area contributed by atoms with E-state index in [1.807, 2.05) is 13.8 Å². The van der Waals surface area contributed by atoms with Crippen LogP contribution in [-0.2, 0) is 10.2 Å². The molecular weight excluding hydrogens is 233 g/mol. The highest BCUT2D eigenvalue weighted by Crippen LogP contribution is 2.22. The molecule has 0 spiro atoms. The van der Waals surface area contributed by atoms with Gasteiger partial charge in [0.2, 0.25) is 0 Å². The molecule has 0 aliphatic carbocycles. The largest absolute Gasteiger partial charge is 0.381 e. The minimum atomic E-state index is -1.39. The van der Waals surface area contributed by atoms with Crippen LogP contribution in [0, 0.1) is 5.82 Å². The number of carbonyl (C=O) groups excluding carboxylic acids is 1. The predicted molar refractivity (Wildman–Crippen MR) is 68.7 cm³/mol. The van der Waals surface area contributed by atoms with Crippen LogP contribution in [0.15, 0.2) is 24.3 Å². The summed E-state index contributed by atoms with van der Waals surface area (Å²) in [4.78, 5) is 11.6. The van der Waals surface area contributed by atoms with Gasteiger partial charge in [0.25, 0.3) is 5.91 Å². The second-order valence-corrected chi connectivity index (χ2v) is 5.63. The van der Waals surface area contributed by atoms with Gasteiger partial charge in [-0.15, -0.1) is 0 Å². The molecule has 0 atom stereocenters. The predicted octanol–water partition coefficient (Wildman–Crippen LogP) is 1.99. The fourth-order valence-corrected chi connectivity index (χ4v) is 1.52. The molecule has 0 saturated carbocycles. The normalized spacial score (nSPS) is 12.3. The van der Waals surface area contributed by atoms with E-state index in [4.69, 9.17) is 0 Å². The van der Waals surface area contributed by atoms with Gasteiger partial charge in [-0.1, -0.05) is 26.0 Å². The highest BCUT2D eigenvalue weighted by Gasteiger charge is 2.27. The molecule has 1 aromatic carbocycles. The van der Waals surface area contributed by atoms with Crippen molar-refractivity contribution in [3.63, 3.8) is 0 Å². The van der Waals surface area contributed by atoms with E-state index in [1.165, 1.54) is 26.0 Å². The van der Waals surface area contributed by atoms with Gasteiger partial charge >= 0.3 is 0 Å². The molecule has 0 fully saturated rings. The van der Waals surface area contributed by atoms with Crippen LogP contribution in [0.5, 0.6) is 0 Å². The van der Waals surface area contributed by atoms with Crippen molar-refractivity contribution in [2.75, 3.05) is 6.54 Å². The number of carbonyl (C=O) groups is 1. The lowest BCUT2D eigenvalue weighted by molar-refractivity contribution is -0.136. The van der Waals surface area contributed by atoms with Crippen molar-refractivity contribution < 1.29 is 14.3 Å². The van der Waals surface area contributed by atoms with Gasteiger partial charge < -0.3 is 10.4 Å². The quantitative estimate of drug-likeness (QED) is 0.862. The Balaban J connectivity index is 2.71. The molecule has 0 aliphatic heterocycles. The zero-order chi connectivity index (χ0) is 14.0. The SMILES string of the molecule is CC(C)(O)C(=O)NCC(C)(C)c1ccc(F)cc1. The zero-order valence-electron chi connectivity index (χ0n) is 11.2. The molecule has 100 valence electrons. The molecule has 1 amide bonds. The van der Waals surface area contributed by atoms with Gasteiger partial charge in [0.1, 0.15) is 11.4 Å². The summed E-state index contributed by atoms with van der Waals surface area (Å²) in [5.74, 6) is -0.701. The van der Waals surface area contributed by atoms with Crippen LogP contribution in [0.3, 0.4) is 0 Å². The number of benzene rings is 1. The van der Waals surface area contributed by atoms with E-state index in [1.54, 1.807) is 12.1 Å². The van der Waals surface area contributed by atoms with E-state index in [0.717, 1.165) is 5.56 Å². The first-order valence-electron chi connectivity index (χ1n) is 5.90. The van der Waals surface area contributed by atoms with Gasteiger partial charge in [-0.2, -0.15) is 0 Å². The summed E-state index contributed by atoms with van der Waals surface area (Å²) in [5.41, 5.74) is -0.784. The molecule has 2 N–H and O–H groups in total. The molecule has 0 radical (unpaired) electrons. The van der Waals surface area contributed by atoms with Crippen LogP contribution in [0.4, 0.5) is 4.39 Å². The molecule has 1 aromatic rings. The summed E-state index contributed by atoms with van der Waals surface area (Å²) in [6.07, 6.45) is 0. The Morgan fingerprint density at radius 1 is 1.22 bits per heavy atom. The van der Waals surface area contributed by atoms with Crippen molar-refractivity contribution in [1.82, 2.24) is 5.32 Å². The zero-order valence-corrected chi connectivity index (χ0v) is 11.2. The molecule has 0 bridgehead atoms. The van der Waals surface area contributed by atoms with E-state index >= 15 is 0 Å². The van der Waals surface area contributed by atoms with Crippen molar-refractivity contribution >= 4 is 5.91 Å². The van der Waals surface area contributed by atoms with E-state index in [-0.39, 0.29) is 11.2 Å². The summed E-state index contributed by atoms with van der Waals surface area (Å²) >= 11 is 0. The first-order valence-corrected chi connectivity index (χ1v) is 5.90. The number of hydrogen-bond acceptors (Lipinski definition) is 2. The van der Waals surface area contributed by atoms with Crippen LogP contribution < -0.4 is 5.32 Å². The van der Waals surface area contributed by atoms with Gasteiger partial charge in [-0.05, 0) is 31.5 Å². The van der Waals surface area contributed by atoms with Gasteiger partial charge in [0, 0.05) is 12.0 Å². The van der Waals surface area contributed by atoms with Gasteiger partial charge in [-0.25, -0.2) is 4.39 Å². The maximum Gasteiger partial charge on any atom is 0.251 e. The van der Waals surface area contributed by atoms with E-state index in [9.17, 15) is 14.3 Å². The number of rotatable bonds is 4. The molecule has 0 saturated heterocycles. The van der Waals surface area contributed by atoms with Gasteiger partial charge in [-0.3, -0.25) is 4.79 Å². The summed E-state index contributed by atoms with van der Waals surface area (Å²) < 4.78 is 12.8. The Morgan fingerprint density at radius 3 is 2.17 bits per heavy atom. The number of hydrogen-bond donors (Lipinski definition) is 2. The van der Waals surface area contributed by atoms with Crippen LogP contribution in [-0.4, -0.2) is 23.2 Å². The number of amides is 1. The number of aliphatic hydroxyl groups is 1. The molecule has 4 heteroatoms. The second kappa shape index (κ2) is 5.06. The van der Waals surface area contributed by atoms with Crippen LogP contribution in [0.1, 0.15) is 33.3 Å². The minimum Gasteiger partial charge on any atom is -0.381 e. The van der Waals surface area contributed by atoms with Crippen LogP contribution >= 0.6 is 0 Å². The van der Waals surface area contributed by atoms with E-state index < -0.39 is 11.5 Å². The Morgan fingerprint density at radius 2 is 1.72 bits per heavy atom. The standard InChI is InChI=1S/C14H20FNO2/c1-13(2,9-16-12(17)14(3,4)18)10-5-7-11(15)8-6-10/h5-8,18H,9H2,1-4H3,(H,16,17). The maximum atomic E-state index is 12.8. The first kappa shape index (κ1) is 14.6. The van der Waals surface area contributed by atoms with Crippen molar-refractivity contribution in [2.24, 2.45) is 0 Å². The third-order valence-corrected chi connectivity index (χ3v) is 2.87. The Kier molecular flexibility index (Phi) is 4.12. The van der Waals surface area contributed by atoms with E-state index in [0.29, 0.717) is 6.54 Å². The van der Waals surface area contributed by atoms with Crippen LogP contribution in [0.2, 0.25) is 0 Å². The molecule has 18 heavy (non-hydrogen) atoms.